The molecule has 0 aliphatic heterocycles. The molecule has 0 aliphatic carbocycles. The molecule has 0 aliphatic rings. The van der Waals surface area contributed by atoms with E-state index in [4.69, 9.17) is 5.73 Å². The molecule has 0 saturated carbocycles. The number of hydrogen-bond donors (Lipinski definition) is 1. The van der Waals surface area contributed by atoms with E-state index in [9.17, 15) is 9.18 Å². The Balaban J connectivity index is 2.52. The molecule has 0 fully saturated rings. The zero-order valence-electron chi connectivity index (χ0n) is 9.05. The summed E-state index contributed by atoms with van der Waals surface area (Å²) >= 11 is 0. The van der Waals surface area contributed by atoms with Crippen LogP contribution in [0.3, 0.4) is 0 Å². The molecule has 17 heavy (non-hydrogen) atoms. The minimum atomic E-state index is -0.606. The summed E-state index contributed by atoms with van der Waals surface area (Å²) in [5.74, 6) is -1.04. The molecule has 1 aromatic carbocycles. The molecule has 0 unspecified atom stereocenters. The van der Waals surface area contributed by atoms with E-state index in [-0.39, 0.29) is 17.1 Å². The van der Waals surface area contributed by atoms with Crippen LogP contribution in [-0.4, -0.2) is 22.9 Å². The monoisotopic (exact) mass is 235 g/mol. The molecule has 2 aromatic rings. The molecule has 0 radical (unpaired) electrons. The third kappa shape index (κ3) is 1.84. The highest BCUT2D eigenvalue weighted by Gasteiger charge is 2.17. The SMILES string of the molecule is COC(=O)c1cnn(-c2ccccc2F)c1N. The molecule has 0 amide bonds. The summed E-state index contributed by atoms with van der Waals surface area (Å²) in [6.45, 7) is 0. The van der Waals surface area contributed by atoms with Crippen molar-refractivity contribution >= 4 is 11.8 Å². The fourth-order valence-electron chi connectivity index (χ4n) is 1.44. The number of para-hydroxylation sites is 1. The highest BCUT2D eigenvalue weighted by atomic mass is 19.1. The van der Waals surface area contributed by atoms with Gasteiger partial charge in [0.15, 0.2) is 0 Å². The topological polar surface area (TPSA) is 70.1 Å². The number of methoxy groups -OCH3 is 1. The normalized spacial score (nSPS) is 10.2. The minimum absolute atomic E-state index is 0.0435. The van der Waals surface area contributed by atoms with Gasteiger partial charge in [-0.05, 0) is 12.1 Å². The molecule has 6 heteroatoms. The summed E-state index contributed by atoms with van der Waals surface area (Å²) < 4.78 is 19.2. The maximum atomic E-state index is 13.5. The summed E-state index contributed by atoms with van der Waals surface area (Å²) in [4.78, 5) is 11.3. The van der Waals surface area contributed by atoms with E-state index in [0.717, 1.165) is 4.68 Å². The Bertz CT molecular complexity index is 566. The average molecular weight is 235 g/mol. The summed E-state index contributed by atoms with van der Waals surface area (Å²) in [6, 6.07) is 6.01. The second kappa shape index (κ2) is 4.25. The first-order valence-electron chi connectivity index (χ1n) is 4.82. The van der Waals surface area contributed by atoms with Crippen molar-refractivity contribution in [2.75, 3.05) is 12.8 Å². The van der Waals surface area contributed by atoms with E-state index >= 15 is 0 Å². The highest BCUT2D eigenvalue weighted by molar-refractivity contribution is 5.94. The van der Waals surface area contributed by atoms with Gasteiger partial charge in [0.05, 0.1) is 13.3 Å². The van der Waals surface area contributed by atoms with E-state index in [1.165, 1.54) is 25.4 Å². The number of rotatable bonds is 2. The van der Waals surface area contributed by atoms with Gasteiger partial charge in [0.2, 0.25) is 0 Å². The lowest BCUT2D eigenvalue weighted by Crippen LogP contribution is -2.08. The Morgan fingerprint density at radius 3 is 2.82 bits per heavy atom. The molecule has 2 N–H and O–H groups in total. The number of nitrogen functional groups attached to an aromatic ring is 1. The molecule has 2 rings (SSSR count). The van der Waals surface area contributed by atoms with Crippen LogP contribution in [0.15, 0.2) is 30.5 Å². The van der Waals surface area contributed by atoms with Crippen molar-refractivity contribution in [3.8, 4) is 5.69 Å². The molecule has 5 nitrogen and oxygen atoms in total. The molecule has 0 bridgehead atoms. The number of ether oxygens (including phenoxy) is 1. The maximum absolute atomic E-state index is 13.5. The molecule has 0 atom stereocenters. The van der Waals surface area contributed by atoms with E-state index in [0.29, 0.717) is 0 Å². The lowest BCUT2D eigenvalue weighted by molar-refractivity contribution is 0.0602. The molecule has 1 aromatic heterocycles. The summed E-state index contributed by atoms with van der Waals surface area (Å²) in [7, 11) is 1.24. The van der Waals surface area contributed by atoms with Crippen LogP contribution < -0.4 is 5.73 Å². The fourth-order valence-corrected chi connectivity index (χ4v) is 1.44. The van der Waals surface area contributed by atoms with Crippen molar-refractivity contribution in [3.63, 3.8) is 0 Å². The summed E-state index contributed by atoms with van der Waals surface area (Å²) in [5, 5.41) is 3.87. The quantitative estimate of drug-likeness (QED) is 0.798. The van der Waals surface area contributed by atoms with E-state index in [1.807, 2.05) is 0 Å². The van der Waals surface area contributed by atoms with Crippen molar-refractivity contribution in [1.29, 1.82) is 0 Å². The van der Waals surface area contributed by atoms with Crippen LogP contribution in [-0.2, 0) is 4.74 Å². The Labute approximate surface area is 96.6 Å². The highest BCUT2D eigenvalue weighted by Crippen LogP contribution is 2.19. The van der Waals surface area contributed by atoms with Crippen LogP contribution >= 0.6 is 0 Å². The molecular weight excluding hydrogens is 225 g/mol. The van der Waals surface area contributed by atoms with Gasteiger partial charge in [0.25, 0.3) is 0 Å². The van der Waals surface area contributed by atoms with Gasteiger partial charge in [-0.15, -0.1) is 0 Å². The standard InChI is InChI=1S/C11H10FN3O2/c1-17-11(16)7-6-14-15(10(7)13)9-5-3-2-4-8(9)12/h2-6H,13H2,1H3. The predicted molar refractivity (Wildman–Crippen MR) is 59.3 cm³/mol. The van der Waals surface area contributed by atoms with Crippen molar-refractivity contribution in [1.82, 2.24) is 9.78 Å². The van der Waals surface area contributed by atoms with Crippen molar-refractivity contribution in [2.24, 2.45) is 0 Å². The number of halogens is 1. The molecule has 0 saturated heterocycles. The van der Waals surface area contributed by atoms with Gasteiger partial charge in [-0.25, -0.2) is 13.9 Å². The van der Waals surface area contributed by atoms with Crippen LogP contribution in [0.5, 0.6) is 0 Å². The van der Waals surface area contributed by atoms with Gasteiger partial charge >= 0.3 is 5.97 Å². The number of esters is 1. The first kappa shape index (κ1) is 11.1. The minimum Gasteiger partial charge on any atom is -0.465 e. The fraction of sp³-hybridized carbons (Fsp3) is 0.0909. The second-order valence-electron chi connectivity index (χ2n) is 3.30. The Hall–Kier alpha value is -2.37. The number of anilines is 1. The number of hydrogen-bond acceptors (Lipinski definition) is 4. The van der Waals surface area contributed by atoms with Crippen molar-refractivity contribution in [2.45, 2.75) is 0 Å². The van der Waals surface area contributed by atoms with Crippen LogP contribution in [0.1, 0.15) is 10.4 Å². The smallest absolute Gasteiger partial charge is 0.343 e. The molecule has 0 spiro atoms. The number of nitrogens with two attached hydrogens (primary N) is 1. The Kier molecular flexibility index (Phi) is 2.78. The van der Waals surface area contributed by atoms with Crippen molar-refractivity contribution in [3.05, 3.63) is 41.8 Å². The Morgan fingerprint density at radius 2 is 2.18 bits per heavy atom. The van der Waals surface area contributed by atoms with E-state index in [1.54, 1.807) is 12.1 Å². The van der Waals surface area contributed by atoms with Gasteiger partial charge in [-0.2, -0.15) is 5.10 Å². The Morgan fingerprint density at radius 1 is 1.47 bits per heavy atom. The predicted octanol–water partition coefficient (Wildman–Crippen LogP) is 1.38. The molecular formula is C11H10FN3O2. The largest absolute Gasteiger partial charge is 0.465 e. The summed E-state index contributed by atoms with van der Waals surface area (Å²) in [5.41, 5.74) is 6.00. The van der Waals surface area contributed by atoms with E-state index in [2.05, 4.69) is 9.84 Å². The lowest BCUT2D eigenvalue weighted by atomic mass is 10.3. The lowest BCUT2D eigenvalue weighted by Gasteiger charge is -2.05. The zero-order valence-corrected chi connectivity index (χ0v) is 9.05. The van der Waals surface area contributed by atoms with Crippen LogP contribution in [0.25, 0.3) is 5.69 Å². The average Bonchev–Trinajstić information content (AvgIpc) is 2.71. The number of carbonyl (C=O) groups is 1. The first-order valence-corrected chi connectivity index (χ1v) is 4.82. The second-order valence-corrected chi connectivity index (χ2v) is 3.30. The van der Waals surface area contributed by atoms with Crippen LogP contribution in [0.2, 0.25) is 0 Å². The molecule has 1 heterocycles. The number of carbonyl (C=O) groups excluding carboxylic acids is 1. The summed E-state index contributed by atoms with van der Waals surface area (Å²) in [6.07, 6.45) is 1.24. The molecule has 88 valence electrons. The van der Waals surface area contributed by atoms with E-state index < -0.39 is 11.8 Å². The van der Waals surface area contributed by atoms with Gasteiger partial charge in [-0.3, -0.25) is 0 Å². The maximum Gasteiger partial charge on any atom is 0.343 e. The number of benzene rings is 1. The number of nitrogens with zero attached hydrogens (tertiary/aromatic N) is 2. The van der Waals surface area contributed by atoms with Gasteiger partial charge in [0.1, 0.15) is 22.9 Å². The zero-order chi connectivity index (χ0) is 12.4. The first-order chi connectivity index (χ1) is 8.15. The van der Waals surface area contributed by atoms with Gasteiger partial charge in [-0.1, -0.05) is 12.1 Å². The van der Waals surface area contributed by atoms with Gasteiger partial charge in [0, 0.05) is 0 Å². The van der Waals surface area contributed by atoms with Gasteiger partial charge < -0.3 is 10.5 Å². The van der Waals surface area contributed by atoms with Crippen LogP contribution in [0.4, 0.5) is 10.2 Å². The third-order valence-electron chi connectivity index (χ3n) is 2.29. The van der Waals surface area contributed by atoms with Crippen molar-refractivity contribution < 1.29 is 13.9 Å². The van der Waals surface area contributed by atoms with Crippen LogP contribution in [0, 0.1) is 5.82 Å². The number of aromatic nitrogens is 2. The third-order valence-corrected chi connectivity index (χ3v) is 2.29.